The first kappa shape index (κ1) is 8.47. The van der Waals surface area contributed by atoms with E-state index in [9.17, 15) is 0 Å². The first-order valence-electron chi connectivity index (χ1n) is 4.03. The van der Waals surface area contributed by atoms with Gasteiger partial charge in [-0.05, 0) is 26.0 Å². The average molecular weight is 152 g/mol. The highest BCUT2D eigenvalue weighted by molar-refractivity contribution is 5.80. The zero-order valence-corrected chi connectivity index (χ0v) is 7.59. The predicted molar refractivity (Wildman–Crippen MR) is 49.2 cm³/mol. The van der Waals surface area contributed by atoms with Crippen LogP contribution in [-0.4, -0.2) is 38.3 Å². The van der Waals surface area contributed by atoms with Gasteiger partial charge < -0.3 is 4.90 Å². The molecule has 1 heterocycles. The lowest BCUT2D eigenvalue weighted by atomic mass is 10.0. The van der Waals surface area contributed by atoms with Crippen LogP contribution in [0.5, 0.6) is 0 Å². The molecule has 0 saturated heterocycles. The molecule has 0 aliphatic carbocycles. The quantitative estimate of drug-likeness (QED) is 0.518. The summed E-state index contributed by atoms with van der Waals surface area (Å²) in [6, 6.07) is 0. The summed E-state index contributed by atoms with van der Waals surface area (Å²) in [4.78, 5) is 6.36. The molecule has 0 N–H and O–H groups in total. The molecule has 0 fully saturated rings. The van der Waals surface area contributed by atoms with Crippen LogP contribution in [0.3, 0.4) is 0 Å². The normalized spacial score (nSPS) is 21.7. The maximum atomic E-state index is 4.03. The molecule has 11 heavy (non-hydrogen) atoms. The van der Waals surface area contributed by atoms with Crippen LogP contribution in [0, 0.1) is 0 Å². The van der Waals surface area contributed by atoms with E-state index in [1.54, 1.807) is 0 Å². The van der Waals surface area contributed by atoms with E-state index in [0.29, 0.717) is 0 Å². The Hall–Kier alpha value is -0.630. The Kier molecular flexibility index (Phi) is 2.83. The molecule has 2 nitrogen and oxygen atoms in total. The van der Waals surface area contributed by atoms with Crippen LogP contribution in [0.2, 0.25) is 0 Å². The van der Waals surface area contributed by atoms with Crippen LogP contribution in [0.15, 0.2) is 16.1 Å². The molecular weight excluding hydrogens is 136 g/mol. The van der Waals surface area contributed by atoms with Gasteiger partial charge in [-0.1, -0.05) is 5.57 Å². The second-order valence-electron chi connectivity index (χ2n) is 3.18. The fourth-order valence-electron chi connectivity index (χ4n) is 1.33. The van der Waals surface area contributed by atoms with Gasteiger partial charge in [-0.25, -0.2) is 0 Å². The number of rotatable bonds is 1. The van der Waals surface area contributed by atoms with Gasteiger partial charge in [0.15, 0.2) is 0 Å². The van der Waals surface area contributed by atoms with Crippen LogP contribution >= 0.6 is 0 Å². The van der Waals surface area contributed by atoms with Crippen molar-refractivity contribution in [1.82, 2.24) is 4.90 Å². The largest absolute Gasteiger partial charge is 0.302 e. The van der Waals surface area contributed by atoms with Crippen molar-refractivity contribution in [2.45, 2.75) is 13.3 Å². The second kappa shape index (κ2) is 3.67. The van der Waals surface area contributed by atoms with Gasteiger partial charge in [0.2, 0.25) is 0 Å². The summed E-state index contributed by atoms with van der Waals surface area (Å²) in [6.45, 7) is 4.44. The molecule has 1 rings (SSSR count). The molecule has 2 heteroatoms. The Balaban J connectivity index is 2.71. The third-order valence-electron chi connectivity index (χ3n) is 2.14. The van der Waals surface area contributed by atoms with E-state index in [-0.39, 0.29) is 0 Å². The van der Waals surface area contributed by atoms with Gasteiger partial charge in [-0.3, -0.25) is 4.99 Å². The van der Waals surface area contributed by atoms with Crippen LogP contribution in [0.4, 0.5) is 0 Å². The van der Waals surface area contributed by atoms with Gasteiger partial charge in [0, 0.05) is 26.4 Å². The summed E-state index contributed by atoms with van der Waals surface area (Å²) in [5.41, 5.74) is 2.88. The van der Waals surface area contributed by atoms with Crippen molar-refractivity contribution in [1.29, 1.82) is 0 Å². The van der Waals surface area contributed by atoms with Gasteiger partial charge in [0.25, 0.3) is 0 Å². The van der Waals surface area contributed by atoms with Crippen LogP contribution in [-0.2, 0) is 0 Å². The molecular formula is C9H16N2. The van der Waals surface area contributed by atoms with Crippen LogP contribution < -0.4 is 0 Å². The molecule has 0 aromatic rings. The van der Waals surface area contributed by atoms with Crippen molar-refractivity contribution in [2.24, 2.45) is 4.99 Å². The Morgan fingerprint density at radius 1 is 1.55 bits per heavy atom. The Morgan fingerprint density at radius 3 is 2.91 bits per heavy atom. The van der Waals surface area contributed by atoms with Crippen molar-refractivity contribution in [3.63, 3.8) is 0 Å². The predicted octanol–water partition coefficient (Wildman–Crippen LogP) is 1.34. The van der Waals surface area contributed by atoms with E-state index >= 15 is 0 Å². The van der Waals surface area contributed by atoms with E-state index in [4.69, 9.17) is 0 Å². The molecule has 1 aliphatic heterocycles. The average Bonchev–Trinajstić information content (AvgIpc) is 1.98. The van der Waals surface area contributed by atoms with Crippen molar-refractivity contribution < 1.29 is 0 Å². The molecule has 0 radical (unpaired) electrons. The van der Waals surface area contributed by atoms with Gasteiger partial charge in [0.1, 0.15) is 0 Å². The monoisotopic (exact) mass is 152 g/mol. The third kappa shape index (κ3) is 2.15. The second-order valence-corrected chi connectivity index (χ2v) is 3.18. The third-order valence-corrected chi connectivity index (χ3v) is 2.14. The summed E-state index contributed by atoms with van der Waals surface area (Å²) in [5, 5.41) is 0. The van der Waals surface area contributed by atoms with E-state index in [1.807, 2.05) is 13.3 Å². The minimum atomic E-state index is 1.06. The summed E-state index contributed by atoms with van der Waals surface area (Å²) < 4.78 is 0. The van der Waals surface area contributed by atoms with E-state index in [0.717, 1.165) is 6.54 Å². The first-order valence-corrected chi connectivity index (χ1v) is 4.03. The lowest BCUT2D eigenvalue weighted by Gasteiger charge is -2.24. The van der Waals surface area contributed by atoms with E-state index in [1.165, 1.54) is 24.1 Å². The zero-order chi connectivity index (χ0) is 8.27. The van der Waals surface area contributed by atoms with Crippen molar-refractivity contribution in [3.05, 3.63) is 11.1 Å². The van der Waals surface area contributed by atoms with E-state index < -0.39 is 0 Å². The number of hydrogen-bond acceptors (Lipinski definition) is 2. The molecule has 0 amide bonds. The SMILES string of the molecule is CN=CC1=C(C)CCN(C)C1. The molecule has 62 valence electrons. The molecule has 0 bridgehead atoms. The summed E-state index contributed by atoms with van der Waals surface area (Å²) in [6.07, 6.45) is 3.17. The number of likely N-dealkylation sites (N-methyl/N-ethyl adjacent to an activating group) is 1. The van der Waals surface area contributed by atoms with E-state index in [2.05, 4.69) is 23.9 Å². The van der Waals surface area contributed by atoms with Crippen molar-refractivity contribution in [2.75, 3.05) is 27.2 Å². The lowest BCUT2D eigenvalue weighted by molar-refractivity contribution is 0.354. The van der Waals surface area contributed by atoms with Crippen molar-refractivity contribution in [3.8, 4) is 0 Å². The molecule has 0 aromatic carbocycles. The highest BCUT2D eigenvalue weighted by atomic mass is 15.1. The maximum absolute atomic E-state index is 4.03. The fourth-order valence-corrected chi connectivity index (χ4v) is 1.33. The van der Waals surface area contributed by atoms with Crippen molar-refractivity contribution >= 4 is 6.21 Å². The Labute approximate surface area is 68.6 Å². The van der Waals surface area contributed by atoms with Crippen LogP contribution in [0.1, 0.15) is 13.3 Å². The zero-order valence-electron chi connectivity index (χ0n) is 7.59. The minimum Gasteiger partial charge on any atom is -0.302 e. The molecule has 0 spiro atoms. The van der Waals surface area contributed by atoms with Gasteiger partial charge in [0.05, 0.1) is 0 Å². The molecule has 0 saturated carbocycles. The Morgan fingerprint density at radius 2 is 2.27 bits per heavy atom. The molecule has 0 unspecified atom stereocenters. The van der Waals surface area contributed by atoms with Crippen LogP contribution in [0.25, 0.3) is 0 Å². The topological polar surface area (TPSA) is 15.6 Å². The summed E-state index contributed by atoms with van der Waals surface area (Å²) >= 11 is 0. The fraction of sp³-hybridized carbons (Fsp3) is 0.667. The molecule has 1 aliphatic rings. The minimum absolute atomic E-state index is 1.06. The highest BCUT2D eigenvalue weighted by Gasteiger charge is 2.10. The highest BCUT2D eigenvalue weighted by Crippen LogP contribution is 2.14. The standard InChI is InChI=1S/C9H16N2/c1-8-4-5-11(3)7-9(8)6-10-2/h6H,4-5,7H2,1-3H3. The molecule has 0 atom stereocenters. The van der Waals surface area contributed by atoms with Gasteiger partial charge in [-0.2, -0.15) is 0 Å². The Bertz CT molecular complexity index is 192. The first-order chi connectivity index (χ1) is 5.24. The number of aliphatic imine (C=N–C) groups is 1. The molecule has 0 aromatic heterocycles. The maximum Gasteiger partial charge on any atom is 0.0277 e. The van der Waals surface area contributed by atoms with Gasteiger partial charge in [-0.15, -0.1) is 0 Å². The number of nitrogens with zero attached hydrogens (tertiary/aromatic N) is 2. The van der Waals surface area contributed by atoms with Gasteiger partial charge >= 0.3 is 0 Å². The smallest absolute Gasteiger partial charge is 0.0277 e. The summed E-state index contributed by atoms with van der Waals surface area (Å²) in [7, 11) is 3.98. The number of hydrogen-bond donors (Lipinski definition) is 0. The summed E-state index contributed by atoms with van der Waals surface area (Å²) in [5.74, 6) is 0. The lowest BCUT2D eigenvalue weighted by Crippen LogP contribution is -2.27.